The summed E-state index contributed by atoms with van der Waals surface area (Å²) in [6.45, 7) is 3.18. The van der Waals surface area contributed by atoms with Crippen molar-refractivity contribution < 1.29 is 13.2 Å². The zero-order valence-electron chi connectivity index (χ0n) is 12.2. The number of likely N-dealkylation sites (tertiary alicyclic amines) is 1. The molecule has 0 atom stereocenters. The minimum atomic E-state index is -3.50. The lowest BCUT2D eigenvalue weighted by Gasteiger charge is -2.25. The molecular weight excluding hydrogens is 356 g/mol. The monoisotopic (exact) mass is 374 g/mol. The standard InChI is InChI=1S/C14H19BrN2O3S/c1-11-9-12(5-6-13(11)15)17(21(2,19)20)10-14(18)16-7-3-4-8-16/h5-6,9H,3-4,7-8,10H2,1-2H3. The van der Waals surface area contributed by atoms with E-state index in [2.05, 4.69) is 15.9 Å². The van der Waals surface area contributed by atoms with E-state index in [4.69, 9.17) is 0 Å². The summed E-state index contributed by atoms with van der Waals surface area (Å²) in [6.07, 6.45) is 3.10. The average molecular weight is 375 g/mol. The third-order valence-corrected chi connectivity index (χ3v) is 5.60. The summed E-state index contributed by atoms with van der Waals surface area (Å²) < 4.78 is 26.1. The van der Waals surface area contributed by atoms with E-state index in [0.717, 1.165) is 42.2 Å². The fourth-order valence-corrected chi connectivity index (χ4v) is 3.46. The molecule has 0 spiro atoms. The molecule has 0 radical (unpaired) electrons. The van der Waals surface area contributed by atoms with Crippen LogP contribution < -0.4 is 4.31 Å². The Balaban J connectivity index is 2.26. The molecule has 21 heavy (non-hydrogen) atoms. The maximum absolute atomic E-state index is 12.2. The van der Waals surface area contributed by atoms with Crippen molar-refractivity contribution >= 4 is 37.5 Å². The molecule has 0 aromatic heterocycles. The Labute approximate surface area is 134 Å². The lowest BCUT2D eigenvalue weighted by atomic mass is 10.2. The molecule has 116 valence electrons. The first kappa shape index (κ1) is 16.3. The molecule has 1 saturated heterocycles. The molecule has 1 aromatic carbocycles. The second kappa shape index (κ2) is 6.36. The smallest absolute Gasteiger partial charge is 0.243 e. The number of halogens is 1. The van der Waals surface area contributed by atoms with Crippen molar-refractivity contribution in [2.45, 2.75) is 19.8 Å². The number of hydrogen-bond acceptors (Lipinski definition) is 3. The van der Waals surface area contributed by atoms with E-state index in [1.54, 1.807) is 23.1 Å². The molecule has 0 unspecified atom stereocenters. The Bertz CT molecular complexity index is 640. The van der Waals surface area contributed by atoms with Gasteiger partial charge in [-0.15, -0.1) is 0 Å². The molecule has 0 N–H and O–H groups in total. The number of rotatable bonds is 4. The van der Waals surface area contributed by atoms with E-state index >= 15 is 0 Å². The molecule has 0 bridgehead atoms. The van der Waals surface area contributed by atoms with Crippen LogP contribution in [0, 0.1) is 6.92 Å². The van der Waals surface area contributed by atoms with E-state index in [1.807, 2.05) is 6.92 Å². The lowest BCUT2D eigenvalue weighted by Crippen LogP contribution is -2.41. The summed E-state index contributed by atoms with van der Waals surface area (Å²) in [4.78, 5) is 14.0. The summed E-state index contributed by atoms with van der Waals surface area (Å²) in [5.41, 5.74) is 1.44. The summed E-state index contributed by atoms with van der Waals surface area (Å²) in [6, 6.07) is 5.26. The normalized spacial score (nSPS) is 15.3. The van der Waals surface area contributed by atoms with Gasteiger partial charge in [-0.1, -0.05) is 15.9 Å². The first-order valence-corrected chi connectivity index (χ1v) is 9.45. The van der Waals surface area contributed by atoms with Crippen LogP contribution in [0.3, 0.4) is 0 Å². The number of benzene rings is 1. The topological polar surface area (TPSA) is 57.7 Å². The number of aryl methyl sites for hydroxylation is 1. The fourth-order valence-electron chi connectivity index (χ4n) is 2.37. The Hall–Kier alpha value is -1.08. The number of amides is 1. The Kier molecular flexibility index (Phi) is 4.93. The second-order valence-electron chi connectivity index (χ2n) is 5.29. The first-order valence-electron chi connectivity index (χ1n) is 6.80. The highest BCUT2D eigenvalue weighted by Crippen LogP contribution is 2.25. The Morgan fingerprint density at radius 3 is 2.48 bits per heavy atom. The lowest BCUT2D eigenvalue weighted by molar-refractivity contribution is -0.128. The minimum absolute atomic E-state index is 0.139. The predicted octanol–water partition coefficient (Wildman–Crippen LogP) is 2.15. The maximum atomic E-state index is 12.2. The van der Waals surface area contributed by atoms with Crippen LogP contribution in [-0.4, -0.2) is 45.1 Å². The Morgan fingerprint density at radius 1 is 1.33 bits per heavy atom. The number of nitrogens with zero attached hydrogens (tertiary/aromatic N) is 2. The highest BCUT2D eigenvalue weighted by Gasteiger charge is 2.25. The van der Waals surface area contributed by atoms with Crippen LogP contribution in [0.15, 0.2) is 22.7 Å². The average Bonchev–Trinajstić information content (AvgIpc) is 2.92. The van der Waals surface area contributed by atoms with Gasteiger partial charge in [-0.2, -0.15) is 0 Å². The molecule has 1 fully saturated rings. The van der Waals surface area contributed by atoms with Crippen LogP contribution in [0.2, 0.25) is 0 Å². The van der Waals surface area contributed by atoms with Crippen LogP contribution >= 0.6 is 15.9 Å². The van der Waals surface area contributed by atoms with Crippen molar-refractivity contribution in [1.82, 2.24) is 4.90 Å². The minimum Gasteiger partial charge on any atom is -0.341 e. The van der Waals surface area contributed by atoms with Gasteiger partial charge in [-0.25, -0.2) is 8.42 Å². The maximum Gasteiger partial charge on any atom is 0.243 e. The molecule has 1 aromatic rings. The van der Waals surface area contributed by atoms with Crippen molar-refractivity contribution in [3.8, 4) is 0 Å². The SMILES string of the molecule is Cc1cc(N(CC(=O)N2CCCC2)S(C)(=O)=O)ccc1Br. The molecule has 0 saturated carbocycles. The number of carbonyl (C=O) groups is 1. The molecule has 5 nitrogen and oxygen atoms in total. The van der Waals surface area contributed by atoms with Crippen LogP contribution in [-0.2, 0) is 14.8 Å². The second-order valence-corrected chi connectivity index (χ2v) is 8.05. The van der Waals surface area contributed by atoms with Gasteiger partial charge in [-0.3, -0.25) is 9.10 Å². The van der Waals surface area contributed by atoms with Crippen molar-refractivity contribution in [3.63, 3.8) is 0 Å². The number of hydrogen-bond donors (Lipinski definition) is 0. The van der Waals surface area contributed by atoms with Gasteiger partial charge in [0, 0.05) is 17.6 Å². The fraction of sp³-hybridized carbons (Fsp3) is 0.500. The molecule has 2 rings (SSSR count). The van der Waals surface area contributed by atoms with Crippen molar-refractivity contribution in [3.05, 3.63) is 28.2 Å². The highest BCUT2D eigenvalue weighted by atomic mass is 79.9. The summed E-state index contributed by atoms with van der Waals surface area (Å²) >= 11 is 3.39. The molecule has 1 aliphatic heterocycles. The van der Waals surface area contributed by atoms with Crippen LogP contribution in [0.25, 0.3) is 0 Å². The van der Waals surface area contributed by atoms with E-state index < -0.39 is 10.0 Å². The molecule has 1 aliphatic rings. The number of carbonyl (C=O) groups excluding carboxylic acids is 1. The van der Waals surface area contributed by atoms with Crippen molar-refractivity contribution in [2.24, 2.45) is 0 Å². The summed E-state index contributed by atoms with van der Waals surface area (Å²) in [7, 11) is -3.50. The van der Waals surface area contributed by atoms with Gasteiger partial charge in [0.05, 0.1) is 11.9 Å². The van der Waals surface area contributed by atoms with Gasteiger partial charge >= 0.3 is 0 Å². The van der Waals surface area contributed by atoms with E-state index in [0.29, 0.717) is 5.69 Å². The van der Waals surface area contributed by atoms with Crippen LogP contribution in [0.4, 0.5) is 5.69 Å². The van der Waals surface area contributed by atoms with E-state index in [-0.39, 0.29) is 12.5 Å². The van der Waals surface area contributed by atoms with Crippen molar-refractivity contribution in [1.29, 1.82) is 0 Å². The molecule has 7 heteroatoms. The predicted molar refractivity (Wildman–Crippen MR) is 86.9 cm³/mol. The van der Waals surface area contributed by atoms with Crippen LogP contribution in [0.1, 0.15) is 18.4 Å². The largest absolute Gasteiger partial charge is 0.341 e. The summed E-state index contributed by atoms with van der Waals surface area (Å²) in [5, 5.41) is 0. The van der Waals surface area contributed by atoms with Gasteiger partial charge in [0.15, 0.2) is 0 Å². The highest BCUT2D eigenvalue weighted by molar-refractivity contribution is 9.10. The quantitative estimate of drug-likeness (QED) is 0.810. The molecule has 1 amide bonds. The third kappa shape index (κ3) is 3.97. The van der Waals surface area contributed by atoms with Gasteiger partial charge in [0.1, 0.15) is 6.54 Å². The molecular formula is C14H19BrN2O3S. The van der Waals surface area contributed by atoms with Crippen LogP contribution in [0.5, 0.6) is 0 Å². The molecule has 1 heterocycles. The number of sulfonamides is 1. The van der Waals surface area contributed by atoms with E-state index in [9.17, 15) is 13.2 Å². The van der Waals surface area contributed by atoms with Gasteiger partial charge in [0.25, 0.3) is 0 Å². The van der Waals surface area contributed by atoms with Gasteiger partial charge < -0.3 is 4.90 Å². The zero-order chi connectivity index (χ0) is 15.6. The Morgan fingerprint density at radius 2 is 1.95 bits per heavy atom. The molecule has 0 aliphatic carbocycles. The van der Waals surface area contributed by atoms with Gasteiger partial charge in [0.2, 0.25) is 15.9 Å². The van der Waals surface area contributed by atoms with Gasteiger partial charge in [-0.05, 0) is 43.5 Å². The summed E-state index contributed by atoms with van der Waals surface area (Å²) in [5.74, 6) is -0.140. The number of anilines is 1. The third-order valence-electron chi connectivity index (χ3n) is 3.57. The van der Waals surface area contributed by atoms with Crippen molar-refractivity contribution in [2.75, 3.05) is 30.2 Å². The van der Waals surface area contributed by atoms with E-state index in [1.165, 1.54) is 4.31 Å². The first-order chi connectivity index (χ1) is 9.79. The zero-order valence-corrected chi connectivity index (χ0v) is 14.6.